The van der Waals surface area contributed by atoms with Gasteiger partial charge < -0.3 is 20.6 Å². The minimum absolute atomic E-state index is 0.497. The molecule has 2 rings (SSSR count). The fourth-order valence-electron chi connectivity index (χ4n) is 1.97. The average Bonchev–Trinajstić information content (AvgIpc) is 2.80. The Kier molecular flexibility index (Phi) is 4.61. The van der Waals surface area contributed by atoms with Crippen LogP contribution in [0.3, 0.4) is 0 Å². The van der Waals surface area contributed by atoms with E-state index in [2.05, 4.69) is 33.8 Å². The van der Waals surface area contributed by atoms with Crippen molar-refractivity contribution in [2.45, 2.75) is 13.5 Å². The number of hydrogen-bond donors (Lipinski definition) is 4. The highest BCUT2D eigenvalue weighted by atomic mass is 32.1. The predicted octanol–water partition coefficient (Wildman–Crippen LogP) is 3.66. The molecule has 5 heteroatoms. The van der Waals surface area contributed by atoms with E-state index in [1.54, 1.807) is 13.0 Å². The second-order valence-electron chi connectivity index (χ2n) is 4.61. The Morgan fingerprint density at radius 1 is 1.50 bits per heavy atom. The number of thiol groups is 1. The summed E-state index contributed by atoms with van der Waals surface area (Å²) in [5.41, 5.74) is 2.63. The zero-order chi connectivity index (χ0) is 14.5. The Labute approximate surface area is 123 Å². The number of H-pyrrole nitrogens is 1. The molecular formula is C15H16N4S. The highest BCUT2D eigenvalue weighted by Crippen LogP contribution is 2.21. The van der Waals surface area contributed by atoms with Crippen molar-refractivity contribution in [3.8, 4) is 0 Å². The van der Waals surface area contributed by atoms with Gasteiger partial charge >= 0.3 is 0 Å². The lowest BCUT2D eigenvalue weighted by atomic mass is 10.1. The summed E-state index contributed by atoms with van der Waals surface area (Å²) in [6.45, 7) is 10.1. The second kappa shape index (κ2) is 6.42. The number of nitrogens with one attached hydrogen (secondary N) is 3. The Bertz CT molecular complexity index is 706. The van der Waals surface area contributed by atoms with Gasteiger partial charge in [-0.1, -0.05) is 12.6 Å². The molecule has 0 aliphatic carbocycles. The average molecular weight is 284 g/mol. The van der Waals surface area contributed by atoms with Crippen molar-refractivity contribution in [1.82, 2.24) is 10.3 Å². The summed E-state index contributed by atoms with van der Waals surface area (Å²) in [6.07, 6.45) is 1.73. The quantitative estimate of drug-likeness (QED) is 0.378. The van der Waals surface area contributed by atoms with E-state index < -0.39 is 0 Å². The Morgan fingerprint density at radius 3 is 3.00 bits per heavy atom. The van der Waals surface area contributed by atoms with E-state index in [4.69, 9.17) is 12.0 Å². The van der Waals surface area contributed by atoms with Gasteiger partial charge in [0.05, 0.1) is 0 Å². The van der Waals surface area contributed by atoms with Gasteiger partial charge in [-0.05, 0) is 41.7 Å². The van der Waals surface area contributed by atoms with Crippen molar-refractivity contribution < 1.29 is 0 Å². The van der Waals surface area contributed by atoms with Crippen LogP contribution in [0.15, 0.2) is 35.2 Å². The molecule has 0 atom stereocenters. The predicted molar refractivity (Wildman–Crippen MR) is 86.7 cm³/mol. The largest absolute Gasteiger partial charge is 0.364 e. The number of rotatable bonds is 5. The number of fused-ring (bicyclic) bond motifs is 1. The Morgan fingerprint density at radius 2 is 2.30 bits per heavy atom. The van der Waals surface area contributed by atoms with Crippen molar-refractivity contribution in [2.24, 2.45) is 0 Å². The third-order valence-corrected chi connectivity index (χ3v) is 3.10. The molecule has 0 amide bonds. The molecular weight excluding hydrogens is 268 g/mol. The molecule has 0 fully saturated rings. The minimum Gasteiger partial charge on any atom is -0.364 e. The Balaban J connectivity index is 2.00. The minimum atomic E-state index is 0.497. The number of hydrogen-bond acceptors (Lipinski definition) is 3. The maximum absolute atomic E-state index is 7.35. The first kappa shape index (κ1) is 14.4. The molecule has 102 valence electrons. The standard InChI is InChI=1S/C15H16N4S/c1-10(16)5-13(20)9-18-8-11-3-4-14-12(6-11)7-15(17-2)19-14/h3-7,16,18-20H,8-9H2,1H3/b13-5-,16-10?. The lowest BCUT2D eigenvalue weighted by Gasteiger charge is -2.05. The molecule has 0 aliphatic heterocycles. The molecule has 0 saturated carbocycles. The summed E-state index contributed by atoms with van der Waals surface area (Å²) in [6, 6.07) is 7.94. The van der Waals surface area contributed by atoms with Gasteiger partial charge in [-0.3, -0.25) is 0 Å². The summed E-state index contributed by atoms with van der Waals surface area (Å²) in [5, 5.41) is 11.7. The third-order valence-electron chi connectivity index (χ3n) is 2.81. The number of benzene rings is 1. The molecule has 20 heavy (non-hydrogen) atoms. The van der Waals surface area contributed by atoms with Crippen molar-refractivity contribution >= 4 is 35.1 Å². The summed E-state index contributed by atoms with van der Waals surface area (Å²) in [7, 11) is 0. The molecule has 0 bridgehead atoms. The van der Waals surface area contributed by atoms with Gasteiger partial charge in [-0.25, -0.2) is 0 Å². The SMILES string of the molecule is [C-]#[N+]c1cc2cc(CNC/C(S)=C/C(C)=N)ccc2[nH]1. The van der Waals surface area contributed by atoms with E-state index in [0.717, 1.165) is 27.9 Å². The molecule has 1 heterocycles. The fourth-order valence-corrected chi connectivity index (χ4v) is 2.28. The first-order valence-electron chi connectivity index (χ1n) is 6.23. The van der Waals surface area contributed by atoms with Crippen LogP contribution in [-0.2, 0) is 6.54 Å². The topological polar surface area (TPSA) is 56.0 Å². The van der Waals surface area contributed by atoms with E-state index in [9.17, 15) is 0 Å². The molecule has 4 nitrogen and oxygen atoms in total. The van der Waals surface area contributed by atoms with Crippen LogP contribution in [0, 0.1) is 12.0 Å². The van der Waals surface area contributed by atoms with E-state index in [1.807, 2.05) is 18.2 Å². The van der Waals surface area contributed by atoms with Crippen molar-refractivity contribution in [3.63, 3.8) is 0 Å². The number of aromatic nitrogens is 1. The van der Waals surface area contributed by atoms with Crippen LogP contribution in [0.4, 0.5) is 5.82 Å². The van der Waals surface area contributed by atoms with Crippen molar-refractivity contribution in [3.05, 3.63) is 52.2 Å². The maximum Gasteiger partial charge on any atom is 0.229 e. The molecule has 2 aromatic rings. The van der Waals surface area contributed by atoms with E-state index in [0.29, 0.717) is 18.1 Å². The normalized spacial score (nSPS) is 11.6. The number of nitrogens with zero attached hydrogens (tertiary/aromatic N) is 1. The lowest BCUT2D eigenvalue weighted by molar-refractivity contribution is 0.756. The highest BCUT2D eigenvalue weighted by Gasteiger charge is 2.02. The van der Waals surface area contributed by atoms with Crippen LogP contribution in [0.1, 0.15) is 12.5 Å². The second-order valence-corrected chi connectivity index (χ2v) is 5.18. The summed E-state index contributed by atoms with van der Waals surface area (Å²) >= 11 is 4.31. The monoisotopic (exact) mass is 284 g/mol. The van der Waals surface area contributed by atoms with Crippen LogP contribution in [0.2, 0.25) is 0 Å². The van der Waals surface area contributed by atoms with Crippen LogP contribution < -0.4 is 5.32 Å². The molecule has 1 aromatic heterocycles. The summed E-state index contributed by atoms with van der Waals surface area (Å²) in [5.74, 6) is 0.562. The van der Waals surface area contributed by atoms with Crippen LogP contribution in [0.5, 0.6) is 0 Å². The maximum atomic E-state index is 7.35. The van der Waals surface area contributed by atoms with Crippen molar-refractivity contribution in [1.29, 1.82) is 5.41 Å². The van der Waals surface area contributed by atoms with E-state index in [1.165, 1.54) is 0 Å². The zero-order valence-electron chi connectivity index (χ0n) is 11.2. The summed E-state index contributed by atoms with van der Waals surface area (Å²) < 4.78 is 0. The number of aromatic amines is 1. The van der Waals surface area contributed by atoms with E-state index >= 15 is 0 Å². The third kappa shape index (κ3) is 3.73. The lowest BCUT2D eigenvalue weighted by Crippen LogP contribution is -2.15. The van der Waals surface area contributed by atoms with Gasteiger partial charge in [0.1, 0.15) is 5.52 Å². The smallest absolute Gasteiger partial charge is 0.229 e. The fraction of sp³-hybridized carbons (Fsp3) is 0.200. The molecule has 0 aliphatic rings. The Hall–Kier alpha value is -2.03. The molecule has 0 radical (unpaired) electrons. The van der Waals surface area contributed by atoms with E-state index in [-0.39, 0.29) is 0 Å². The van der Waals surface area contributed by atoms with Gasteiger partial charge in [0.2, 0.25) is 5.82 Å². The van der Waals surface area contributed by atoms with Gasteiger partial charge in [-0.15, -0.1) is 12.6 Å². The van der Waals surface area contributed by atoms with Crippen LogP contribution in [-0.4, -0.2) is 17.2 Å². The van der Waals surface area contributed by atoms with Gasteiger partial charge in [0.25, 0.3) is 0 Å². The molecule has 0 spiro atoms. The first-order valence-corrected chi connectivity index (χ1v) is 6.67. The van der Waals surface area contributed by atoms with Gasteiger partial charge in [0.15, 0.2) is 0 Å². The van der Waals surface area contributed by atoms with Crippen molar-refractivity contribution in [2.75, 3.05) is 6.54 Å². The van der Waals surface area contributed by atoms with Crippen LogP contribution in [0.25, 0.3) is 15.7 Å². The number of allylic oxidation sites excluding steroid dienone is 1. The molecule has 3 N–H and O–H groups in total. The molecule has 0 unspecified atom stereocenters. The van der Waals surface area contributed by atoms with Crippen LogP contribution >= 0.6 is 12.6 Å². The van der Waals surface area contributed by atoms with Gasteiger partial charge in [0, 0.05) is 24.2 Å². The summed E-state index contributed by atoms with van der Waals surface area (Å²) in [4.78, 5) is 7.28. The molecule has 1 aromatic carbocycles. The highest BCUT2D eigenvalue weighted by molar-refractivity contribution is 7.84. The zero-order valence-corrected chi connectivity index (χ0v) is 12.1. The first-order chi connectivity index (χ1) is 9.58. The van der Waals surface area contributed by atoms with Gasteiger partial charge in [-0.2, -0.15) is 0 Å². The molecule has 0 saturated heterocycles.